The van der Waals surface area contributed by atoms with Crippen molar-refractivity contribution in [1.29, 1.82) is 0 Å². The molecule has 1 unspecified atom stereocenters. The molecule has 1 aromatic carbocycles. The molecule has 2 heterocycles. The summed E-state index contributed by atoms with van der Waals surface area (Å²) in [7, 11) is 0. The molecule has 2 aliphatic heterocycles. The number of piperidine rings is 1. The van der Waals surface area contributed by atoms with Gasteiger partial charge in [-0.05, 0) is 44.7 Å². The van der Waals surface area contributed by atoms with E-state index in [4.69, 9.17) is 0 Å². The zero-order chi connectivity index (χ0) is 16.9. The third-order valence-electron chi connectivity index (χ3n) is 5.07. The fourth-order valence-corrected chi connectivity index (χ4v) is 3.61. The minimum atomic E-state index is -0.301. The Hall–Kier alpha value is -1.88. The molecule has 0 spiro atoms. The molecule has 5 heteroatoms. The molecule has 2 N–H and O–H groups in total. The van der Waals surface area contributed by atoms with Crippen LogP contribution in [0.5, 0.6) is 0 Å². The fourth-order valence-electron chi connectivity index (χ4n) is 3.61. The Morgan fingerprint density at radius 2 is 2.00 bits per heavy atom. The first-order valence-electron chi connectivity index (χ1n) is 8.99. The second kappa shape index (κ2) is 7.79. The lowest BCUT2D eigenvalue weighted by atomic mass is 9.97. The summed E-state index contributed by atoms with van der Waals surface area (Å²) in [6, 6.07) is 7.85. The lowest BCUT2D eigenvalue weighted by molar-refractivity contribution is -0.142. The van der Waals surface area contributed by atoms with E-state index in [0.29, 0.717) is 13.1 Å². The first-order chi connectivity index (χ1) is 11.6. The number of hydrogen-bond donors (Lipinski definition) is 2. The van der Waals surface area contributed by atoms with Crippen molar-refractivity contribution < 1.29 is 9.59 Å². The smallest absolute Gasteiger partial charge is 0.243 e. The predicted octanol–water partition coefficient (Wildman–Crippen LogP) is 1.60. The first kappa shape index (κ1) is 17.0. The fraction of sp³-hybridized carbons (Fsp3) is 0.579. The number of aryl methyl sites for hydroxylation is 1. The van der Waals surface area contributed by atoms with Crippen LogP contribution in [0.4, 0.5) is 0 Å². The number of hydrogen-bond acceptors (Lipinski definition) is 3. The highest BCUT2D eigenvalue weighted by Crippen LogP contribution is 2.23. The van der Waals surface area contributed by atoms with Gasteiger partial charge in [0.15, 0.2) is 0 Å². The van der Waals surface area contributed by atoms with Gasteiger partial charge < -0.3 is 15.5 Å². The highest BCUT2D eigenvalue weighted by atomic mass is 16.2. The predicted molar refractivity (Wildman–Crippen MR) is 93.4 cm³/mol. The Labute approximate surface area is 143 Å². The van der Waals surface area contributed by atoms with Crippen LogP contribution < -0.4 is 10.6 Å². The highest BCUT2D eigenvalue weighted by Gasteiger charge is 2.37. The summed E-state index contributed by atoms with van der Waals surface area (Å²) in [6.45, 7) is 5.00. The Bertz CT molecular complexity index is 579. The van der Waals surface area contributed by atoms with Crippen molar-refractivity contribution in [2.24, 2.45) is 5.92 Å². The van der Waals surface area contributed by atoms with Gasteiger partial charge in [-0.25, -0.2) is 0 Å². The standard InChI is InChI=1S/C19H27N3O2/c1-14-6-8-15(9-7-14)12-21-18(23)17-5-3-11-22(17)19(24)16-4-2-10-20-13-16/h6-9,16-17,20H,2-5,10-13H2,1H3,(H,21,23)/t16-,17?/m0/s1. The molecule has 2 aliphatic rings. The lowest BCUT2D eigenvalue weighted by Crippen LogP contribution is -2.50. The monoisotopic (exact) mass is 329 g/mol. The average Bonchev–Trinajstić information content (AvgIpc) is 3.11. The van der Waals surface area contributed by atoms with Crippen LogP contribution >= 0.6 is 0 Å². The molecule has 0 saturated carbocycles. The maximum Gasteiger partial charge on any atom is 0.243 e. The number of likely N-dealkylation sites (tertiary alicyclic amines) is 1. The third-order valence-corrected chi connectivity index (χ3v) is 5.07. The Balaban J connectivity index is 1.56. The largest absolute Gasteiger partial charge is 0.350 e. The molecule has 2 atom stereocenters. The topological polar surface area (TPSA) is 61.4 Å². The summed E-state index contributed by atoms with van der Waals surface area (Å²) < 4.78 is 0. The highest BCUT2D eigenvalue weighted by molar-refractivity contribution is 5.89. The van der Waals surface area contributed by atoms with E-state index >= 15 is 0 Å². The van der Waals surface area contributed by atoms with E-state index in [0.717, 1.165) is 44.3 Å². The number of nitrogens with one attached hydrogen (secondary N) is 2. The summed E-state index contributed by atoms with van der Waals surface area (Å²) in [5, 5.41) is 6.29. The van der Waals surface area contributed by atoms with Crippen LogP contribution in [0.25, 0.3) is 0 Å². The van der Waals surface area contributed by atoms with E-state index in [9.17, 15) is 9.59 Å². The van der Waals surface area contributed by atoms with Gasteiger partial charge >= 0.3 is 0 Å². The van der Waals surface area contributed by atoms with E-state index < -0.39 is 0 Å². The molecule has 0 bridgehead atoms. The number of carbonyl (C=O) groups is 2. The molecule has 3 rings (SSSR count). The quantitative estimate of drug-likeness (QED) is 0.882. The van der Waals surface area contributed by atoms with Gasteiger partial charge in [0.1, 0.15) is 6.04 Å². The third kappa shape index (κ3) is 3.96. The van der Waals surface area contributed by atoms with E-state index in [1.807, 2.05) is 36.1 Å². The van der Waals surface area contributed by atoms with E-state index in [1.54, 1.807) is 0 Å². The molecule has 2 amide bonds. The summed E-state index contributed by atoms with van der Waals surface area (Å²) in [5.41, 5.74) is 2.29. The average molecular weight is 329 g/mol. The first-order valence-corrected chi connectivity index (χ1v) is 8.99. The van der Waals surface area contributed by atoms with Crippen LogP contribution in [-0.4, -0.2) is 42.4 Å². The SMILES string of the molecule is Cc1ccc(CNC(=O)C2CCCN2C(=O)[C@H]2CCCNC2)cc1. The van der Waals surface area contributed by atoms with Crippen molar-refractivity contribution in [1.82, 2.24) is 15.5 Å². The normalized spacial score (nSPS) is 24.0. The van der Waals surface area contributed by atoms with Crippen molar-refractivity contribution in [3.63, 3.8) is 0 Å². The Morgan fingerprint density at radius 3 is 2.71 bits per heavy atom. The van der Waals surface area contributed by atoms with E-state index in [-0.39, 0.29) is 23.8 Å². The zero-order valence-electron chi connectivity index (χ0n) is 14.4. The van der Waals surface area contributed by atoms with Gasteiger partial charge in [-0.1, -0.05) is 29.8 Å². The molecular weight excluding hydrogens is 302 g/mol. The maximum atomic E-state index is 12.7. The van der Waals surface area contributed by atoms with Crippen LogP contribution in [0.15, 0.2) is 24.3 Å². The van der Waals surface area contributed by atoms with Crippen molar-refractivity contribution >= 4 is 11.8 Å². The van der Waals surface area contributed by atoms with Gasteiger partial charge in [0, 0.05) is 19.6 Å². The van der Waals surface area contributed by atoms with Gasteiger partial charge in [-0.15, -0.1) is 0 Å². The number of rotatable bonds is 4. The van der Waals surface area contributed by atoms with Crippen molar-refractivity contribution in [2.75, 3.05) is 19.6 Å². The summed E-state index contributed by atoms with van der Waals surface area (Å²) >= 11 is 0. The number of amides is 2. The number of nitrogens with zero attached hydrogens (tertiary/aromatic N) is 1. The van der Waals surface area contributed by atoms with Crippen LogP contribution in [-0.2, 0) is 16.1 Å². The van der Waals surface area contributed by atoms with E-state index in [1.165, 1.54) is 5.56 Å². The minimum absolute atomic E-state index is 0.0230. The van der Waals surface area contributed by atoms with Gasteiger partial charge in [0.2, 0.25) is 11.8 Å². The molecule has 0 aliphatic carbocycles. The van der Waals surface area contributed by atoms with Crippen molar-refractivity contribution in [3.8, 4) is 0 Å². The van der Waals surface area contributed by atoms with Gasteiger partial charge in [0.25, 0.3) is 0 Å². The van der Waals surface area contributed by atoms with Gasteiger partial charge in [0.05, 0.1) is 5.92 Å². The minimum Gasteiger partial charge on any atom is -0.350 e. The zero-order valence-corrected chi connectivity index (χ0v) is 14.4. The summed E-state index contributed by atoms with van der Waals surface area (Å²) in [6.07, 6.45) is 3.65. The number of benzene rings is 1. The second-order valence-corrected chi connectivity index (χ2v) is 6.94. The van der Waals surface area contributed by atoms with Crippen LogP contribution in [0.3, 0.4) is 0 Å². The molecule has 0 aromatic heterocycles. The second-order valence-electron chi connectivity index (χ2n) is 6.94. The molecule has 5 nitrogen and oxygen atoms in total. The molecule has 2 saturated heterocycles. The molecule has 1 aromatic rings. The Kier molecular flexibility index (Phi) is 5.51. The lowest BCUT2D eigenvalue weighted by Gasteiger charge is -2.30. The van der Waals surface area contributed by atoms with Crippen LogP contribution in [0, 0.1) is 12.8 Å². The van der Waals surface area contributed by atoms with Crippen molar-refractivity contribution in [2.45, 2.75) is 45.2 Å². The van der Waals surface area contributed by atoms with Crippen LogP contribution in [0.2, 0.25) is 0 Å². The summed E-state index contributed by atoms with van der Waals surface area (Å²) in [4.78, 5) is 27.1. The summed E-state index contributed by atoms with van der Waals surface area (Å²) in [5.74, 6) is 0.157. The molecule has 24 heavy (non-hydrogen) atoms. The molecular formula is C19H27N3O2. The number of carbonyl (C=O) groups excluding carboxylic acids is 2. The van der Waals surface area contributed by atoms with E-state index in [2.05, 4.69) is 10.6 Å². The van der Waals surface area contributed by atoms with Gasteiger partial charge in [-0.2, -0.15) is 0 Å². The van der Waals surface area contributed by atoms with Gasteiger partial charge in [-0.3, -0.25) is 9.59 Å². The molecule has 130 valence electrons. The van der Waals surface area contributed by atoms with Crippen molar-refractivity contribution in [3.05, 3.63) is 35.4 Å². The Morgan fingerprint density at radius 1 is 1.21 bits per heavy atom. The van der Waals surface area contributed by atoms with Crippen LogP contribution in [0.1, 0.15) is 36.8 Å². The molecule has 2 fully saturated rings. The molecule has 0 radical (unpaired) electrons. The maximum absolute atomic E-state index is 12.7.